The van der Waals surface area contributed by atoms with Crippen LogP contribution in [0.5, 0.6) is 0 Å². The number of aliphatic hydroxyl groups excluding tert-OH is 2. The monoisotopic (exact) mass is 1820 g/mol. The van der Waals surface area contributed by atoms with Crippen molar-refractivity contribution in [2.45, 2.75) is 463 Å². The fourth-order valence-corrected chi connectivity index (χ4v) is 15.7. The second kappa shape index (κ2) is 99.9. The molecule has 0 radical (unpaired) electrons. The Hall–Kier alpha value is -5.09. The molecule has 0 aromatic rings. The predicted octanol–water partition coefficient (Wildman–Crippen LogP) is 32.6. The van der Waals surface area contributed by atoms with Crippen LogP contribution in [0.3, 0.4) is 0 Å². The fraction of sp³-hybridized carbons (Fsp3) is 0.716. The summed E-state index contributed by atoms with van der Waals surface area (Å²) in [6, 6.07) is 0. The Bertz CT molecular complexity index is 2990. The van der Waals surface area contributed by atoms with E-state index in [0.29, 0.717) is 19.3 Å². The van der Waals surface area contributed by atoms with E-state index in [1.807, 2.05) is 0 Å². The summed E-state index contributed by atoms with van der Waals surface area (Å²) in [5.41, 5.74) is 0. The van der Waals surface area contributed by atoms with Gasteiger partial charge in [-0.1, -0.05) is 435 Å². The summed E-state index contributed by atoms with van der Waals surface area (Å²) in [6.45, 7) is 2.56. The lowest BCUT2D eigenvalue weighted by molar-refractivity contribution is -0.161. The number of unbranched alkanes of at least 4 members (excludes halogenated alkanes) is 46. The molecule has 0 fully saturated rings. The van der Waals surface area contributed by atoms with E-state index >= 15 is 0 Å². The highest BCUT2D eigenvalue weighted by atomic mass is 31.2. The van der Waals surface area contributed by atoms with Crippen LogP contribution in [0.15, 0.2) is 170 Å². The zero-order valence-corrected chi connectivity index (χ0v) is 82.7. The summed E-state index contributed by atoms with van der Waals surface area (Å²) in [5.74, 6) is -1.58. The highest BCUT2D eigenvalue weighted by molar-refractivity contribution is 7.47. The summed E-state index contributed by atoms with van der Waals surface area (Å²) >= 11 is 0. The largest absolute Gasteiger partial charge is 0.472 e. The summed E-state index contributed by atoms with van der Waals surface area (Å²) in [6.07, 6.45) is 131. The third-order valence-electron chi connectivity index (χ3n) is 21.9. The van der Waals surface area contributed by atoms with Gasteiger partial charge in [-0.25, -0.2) is 9.13 Å². The predicted molar refractivity (Wildman–Crippen MR) is 537 cm³/mol. The van der Waals surface area contributed by atoms with E-state index in [9.17, 15) is 43.5 Å². The van der Waals surface area contributed by atoms with Gasteiger partial charge in [0.15, 0.2) is 6.10 Å². The van der Waals surface area contributed by atoms with Crippen molar-refractivity contribution in [3.8, 4) is 0 Å². The summed E-state index contributed by atoms with van der Waals surface area (Å²) in [7, 11) is -9.82. The number of rotatable bonds is 97. The smallest absolute Gasteiger partial charge is 0.463 e. The minimum Gasteiger partial charge on any atom is -0.463 e. The molecule has 0 saturated heterocycles. The third-order valence-corrected chi connectivity index (χ3v) is 23.8. The van der Waals surface area contributed by atoms with Gasteiger partial charge in [-0.15, -0.1) is 0 Å². The first-order chi connectivity index (χ1) is 62.2. The first kappa shape index (κ1) is 122. The van der Waals surface area contributed by atoms with Crippen molar-refractivity contribution >= 4 is 33.6 Å². The number of carbonyl (C=O) groups excluding carboxylic acids is 3. The second-order valence-electron chi connectivity index (χ2n) is 34.3. The summed E-state index contributed by atoms with van der Waals surface area (Å²) in [4.78, 5) is 59.2. The lowest BCUT2D eigenvalue weighted by atomic mass is 10.0. The molecule has 0 amide bonds. The molecule has 0 aliphatic rings. The van der Waals surface area contributed by atoms with E-state index in [2.05, 4.69) is 191 Å². The molecular formula is C109H188O16P2. The molecule has 127 heavy (non-hydrogen) atoms. The Kier molecular flexibility index (Phi) is 95.9. The average Bonchev–Trinajstić information content (AvgIpc) is 0.957. The van der Waals surface area contributed by atoms with E-state index in [1.54, 1.807) is 0 Å². The van der Waals surface area contributed by atoms with Crippen LogP contribution in [0.25, 0.3) is 0 Å². The van der Waals surface area contributed by atoms with Crippen molar-refractivity contribution in [3.63, 3.8) is 0 Å². The van der Waals surface area contributed by atoms with Crippen LogP contribution < -0.4 is 0 Å². The van der Waals surface area contributed by atoms with Crippen molar-refractivity contribution in [1.29, 1.82) is 0 Å². The molecular weight excluding hydrogens is 1630 g/mol. The molecule has 0 aliphatic heterocycles. The minimum absolute atomic E-state index is 0.0836. The van der Waals surface area contributed by atoms with E-state index in [-0.39, 0.29) is 19.3 Å². The lowest BCUT2D eigenvalue weighted by Crippen LogP contribution is -2.30. The Balaban J connectivity index is 4.58. The highest BCUT2D eigenvalue weighted by Gasteiger charge is 2.30. The maximum absolute atomic E-state index is 13.1. The van der Waals surface area contributed by atoms with Crippen molar-refractivity contribution in [3.05, 3.63) is 170 Å². The van der Waals surface area contributed by atoms with Crippen molar-refractivity contribution in [1.82, 2.24) is 0 Å². The van der Waals surface area contributed by atoms with Gasteiger partial charge in [0.25, 0.3) is 0 Å². The molecule has 4 N–H and O–H groups in total. The SMILES string of the molecule is CC/C=C\C/C=C\C/C=C\C/C=C\C/C=C\C/C=C\CCCCCCCCC(=O)OC(COC(=O)CCCCCCCCCCCCCCCCC/C=C\C/C=C\C/C=C\C/C=C\CCCCC)COP(=O)(O)OCC(O)COP(=O)(O)OCC(O)COC(=O)CCCCCCCCCCCCCCCCCCCCC/C=C\C/C=C\C/C=C\C/C=C\CCCCC. The normalized spacial score (nSPS) is 14.4. The van der Waals surface area contributed by atoms with Crippen LogP contribution in [0.4, 0.5) is 0 Å². The van der Waals surface area contributed by atoms with Gasteiger partial charge >= 0.3 is 33.6 Å². The van der Waals surface area contributed by atoms with Crippen LogP contribution >= 0.6 is 15.6 Å². The summed E-state index contributed by atoms with van der Waals surface area (Å²) < 4.78 is 61.7. The molecule has 5 atom stereocenters. The van der Waals surface area contributed by atoms with Crippen LogP contribution in [0, 0.1) is 0 Å². The van der Waals surface area contributed by atoms with Crippen molar-refractivity contribution in [2.75, 3.05) is 39.6 Å². The number of carbonyl (C=O) groups is 3. The number of phosphoric ester groups is 2. The van der Waals surface area contributed by atoms with E-state index in [1.165, 1.54) is 231 Å². The van der Waals surface area contributed by atoms with Gasteiger partial charge in [-0.05, 0) is 161 Å². The van der Waals surface area contributed by atoms with Gasteiger partial charge < -0.3 is 34.2 Å². The summed E-state index contributed by atoms with van der Waals surface area (Å²) in [5, 5.41) is 20.8. The van der Waals surface area contributed by atoms with Gasteiger partial charge in [0.1, 0.15) is 25.4 Å². The number of esters is 3. The Morgan fingerprint density at radius 3 is 0.661 bits per heavy atom. The molecule has 0 rings (SSSR count). The van der Waals surface area contributed by atoms with Crippen molar-refractivity contribution in [2.24, 2.45) is 0 Å². The molecule has 0 aliphatic carbocycles. The Labute approximate surface area is 777 Å². The quantitative estimate of drug-likeness (QED) is 0.0146. The molecule has 0 saturated carbocycles. The number of allylic oxidation sites excluding steroid dienone is 28. The molecule has 0 aromatic heterocycles. The second-order valence-corrected chi connectivity index (χ2v) is 37.2. The van der Waals surface area contributed by atoms with Crippen LogP contribution in [-0.4, -0.2) is 95.9 Å². The van der Waals surface area contributed by atoms with Gasteiger partial charge in [0.2, 0.25) is 0 Å². The van der Waals surface area contributed by atoms with Gasteiger partial charge in [0, 0.05) is 19.3 Å². The molecule has 16 nitrogen and oxygen atoms in total. The lowest BCUT2D eigenvalue weighted by Gasteiger charge is -2.21. The number of phosphoric acid groups is 2. The molecule has 0 heterocycles. The molecule has 18 heteroatoms. The number of hydrogen-bond acceptors (Lipinski definition) is 14. The molecule has 0 aromatic carbocycles. The highest BCUT2D eigenvalue weighted by Crippen LogP contribution is 2.45. The Morgan fingerprint density at radius 1 is 0.228 bits per heavy atom. The van der Waals surface area contributed by atoms with E-state index < -0.39 is 91.5 Å². The maximum Gasteiger partial charge on any atom is 0.472 e. The topological polar surface area (TPSA) is 231 Å². The zero-order valence-electron chi connectivity index (χ0n) is 80.9. The molecule has 0 bridgehead atoms. The maximum atomic E-state index is 13.1. The fourth-order valence-electron chi connectivity index (χ4n) is 14.1. The first-order valence-corrected chi connectivity index (χ1v) is 54.4. The third kappa shape index (κ3) is 101. The standard InChI is InChI=1S/C109H188O16P2/c1-4-7-10-13-16-19-22-25-28-31-34-37-40-43-45-47-49-50-51-52-54-56-57-60-62-65-68-71-74-77-80-83-86-89-92-95-107(112)119-98-104(110)99-121-126(115,116)122-100-105(111)101-123-127(117,118)124-103-106(125-109(114)97-94-91-88-85-82-79-76-73-70-67-64-59-42-39-36-33-30-27-24-21-18-15-12-9-6-3)102-120-108(113)96-93-90-87-84-81-78-75-72-69-66-63-61-58-55-53-48-46-44-41-38-35-32-29-26-23-20-17-14-11-8-5-2/h9,12,16-21,25-30,34-39,43-46,59,64,70,73,104-106,110-111H,4-8,10-11,13-15,22-24,31-33,40-42,47-58,60-63,65-69,71-72,74-103H2,1-3H3,(H,115,116)(H,117,118)/b12-9-,19-16-,20-17-,21-18-,28-25-,29-26-,30-27-,37-34-,38-35-,39-36-,45-43-,46-44-,64-59-,73-70-. The first-order valence-electron chi connectivity index (χ1n) is 51.4. The molecule has 730 valence electrons. The minimum atomic E-state index is -4.95. The van der Waals surface area contributed by atoms with E-state index in [4.69, 9.17) is 32.3 Å². The number of ether oxygens (including phenoxy) is 3. The Morgan fingerprint density at radius 2 is 0.417 bits per heavy atom. The zero-order chi connectivity index (χ0) is 92.1. The van der Waals surface area contributed by atoms with Crippen LogP contribution in [0.1, 0.15) is 445 Å². The van der Waals surface area contributed by atoms with Gasteiger partial charge in [0.05, 0.1) is 26.4 Å². The average molecular weight is 1820 g/mol. The van der Waals surface area contributed by atoms with Crippen LogP contribution in [0.2, 0.25) is 0 Å². The number of aliphatic hydroxyl groups is 2. The van der Waals surface area contributed by atoms with Gasteiger partial charge in [-0.3, -0.25) is 32.5 Å². The van der Waals surface area contributed by atoms with Crippen molar-refractivity contribution < 1.29 is 75.8 Å². The number of hydrogen-bond donors (Lipinski definition) is 4. The molecule has 0 spiro atoms. The van der Waals surface area contributed by atoms with E-state index in [0.717, 1.165) is 154 Å². The van der Waals surface area contributed by atoms with Crippen LogP contribution in [-0.2, 0) is 55.8 Å². The molecule has 5 unspecified atom stereocenters. The van der Waals surface area contributed by atoms with Gasteiger partial charge in [-0.2, -0.15) is 0 Å².